The van der Waals surface area contributed by atoms with Gasteiger partial charge in [-0.3, -0.25) is 9.78 Å². The molecule has 3 aromatic rings. The maximum atomic E-state index is 11.6. The van der Waals surface area contributed by atoms with Crippen LogP contribution in [0.2, 0.25) is 0 Å². The Labute approximate surface area is 112 Å². The zero-order valence-electron chi connectivity index (χ0n) is 10.1. The third kappa shape index (κ3) is 1.93. The van der Waals surface area contributed by atoms with Crippen molar-refractivity contribution in [3.8, 4) is 11.5 Å². The first-order valence-corrected chi connectivity index (χ1v) is 5.74. The van der Waals surface area contributed by atoms with Crippen LogP contribution in [0.5, 0.6) is 0 Å². The van der Waals surface area contributed by atoms with Crippen molar-refractivity contribution in [3.05, 3.63) is 48.3 Å². The van der Waals surface area contributed by atoms with Crippen molar-refractivity contribution >= 4 is 22.9 Å². The van der Waals surface area contributed by atoms with Crippen LogP contribution in [-0.2, 0) is 4.79 Å². The highest BCUT2D eigenvalue weighted by Crippen LogP contribution is 2.26. The Hall–Kier alpha value is -3.02. The molecule has 0 bridgehead atoms. The van der Waals surface area contributed by atoms with E-state index in [-0.39, 0.29) is 11.1 Å². The van der Waals surface area contributed by atoms with Crippen molar-refractivity contribution in [2.45, 2.75) is 0 Å². The maximum Gasteiger partial charge on any atom is 0.377 e. The summed E-state index contributed by atoms with van der Waals surface area (Å²) in [5.74, 6) is -2.25. The largest absolute Gasteiger partial charge is 0.475 e. The number of nitrogens with zero attached hydrogens (tertiary/aromatic N) is 2. The number of carboxylic acid groups (broad SMARTS) is 1. The van der Waals surface area contributed by atoms with Gasteiger partial charge in [0, 0.05) is 12.4 Å². The van der Waals surface area contributed by atoms with E-state index < -0.39 is 11.8 Å². The number of rotatable bonds is 3. The van der Waals surface area contributed by atoms with Crippen LogP contribution in [0.1, 0.15) is 10.4 Å². The Bertz CT molecular complexity index is 808. The molecule has 6 heteroatoms. The lowest BCUT2D eigenvalue weighted by Gasteiger charge is -1.95. The molecule has 0 aliphatic rings. The number of oxazole rings is 1. The molecule has 2 heterocycles. The number of hydrogen-bond acceptors (Lipinski definition) is 5. The van der Waals surface area contributed by atoms with Crippen molar-refractivity contribution in [1.29, 1.82) is 0 Å². The molecule has 0 aliphatic carbocycles. The van der Waals surface area contributed by atoms with E-state index in [2.05, 4.69) is 9.97 Å². The zero-order valence-corrected chi connectivity index (χ0v) is 10.1. The molecular weight excluding hydrogens is 260 g/mol. The van der Waals surface area contributed by atoms with Gasteiger partial charge >= 0.3 is 5.97 Å². The molecule has 0 spiro atoms. The summed E-state index contributed by atoms with van der Waals surface area (Å²) in [4.78, 5) is 30.6. The van der Waals surface area contributed by atoms with E-state index in [0.717, 1.165) is 0 Å². The second-order valence-corrected chi connectivity index (χ2v) is 4.05. The molecule has 2 aromatic heterocycles. The topological polar surface area (TPSA) is 93.3 Å². The van der Waals surface area contributed by atoms with Crippen LogP contribution in [0.15, 0.2) is 47.1 Å². The Morgan fingerprint density at radius 3 is 2.70 bits per heavy atom. The summed E-state index contributed by atoms with van der Waals surface area (Å²) in [6.45, 7) is 0. The van der Waals surface area contributed by atoms with Gasteiger partial charge in [-0.05, 0) is 24.3 Å². The van der Waals surface area contributed by atoms with Gasteiger partial charge in [-0.2, -0.15) is 0 Å². The molecule has 0 saturated carbocycles. The monoisotopic (exact) mass is 268 g/mol. The first-order valence-electron chi connectivity index (χ1n) is 5.74. The molecular formula is C14H8N2O4. The van der Waals surface area contributed by atoms with Crippen LogP contribution in [0.4, 0.5) is 0 Å². The van der Waals surface area contributed by atoms with Gasteiger partial charge in [-0.1, -0.05) is 6.07 Å². The first kappa shape index (κ1) is 12.0. The summed E-state index contributed by atoms with van der Waals surface area (Å²) in [5, 5.41) is 8.80. The van der Waals surface area contributed by atoms with Gasteiger partial charge < -0.3 is 9.52 Å². The number of hydrogen-bond donors (Lipinski definition) is 1. The van der Waals surface area contributed by atoms with Crippen molar-refractivity contribution in [2.75, 3.05) is 0 Å². The van der Waals surface area contributed by atoms with Crippen molar-refractivity contribution in [2.24, 2.45) is 0 Å². The minimum atomic E-state index is -1.52. The van der Waals surface area contributed by atoms with Crippen LogP contribution in [0.25, 0.3) is 22.6 Å². The molecule has 0 fully saturated rings. The predicted molar refractivity (Wildman–Crippen MR) is 69.2 cm³/mol. The fourth-order valence-corrected chi connectivity index (χ4v) is 1.86. The van der Waals surface area contributed by atoms with E-state index in [1.807, 2.05) is 0 Å². The molecule has 20 heavy (non-hydrogen) atoms. The van der Waals surface area contributed by atoms with Crippen LogP contribution in [0, 0.1) is 0 Å². The normalized spacial score (nSPS) is 10.6. The summed E-state index contributed by atoms with van der Waals surface area (Å²) in [7, 11) is 0. The summed E-state index contributed by atoms with van der Waals surface area (Å²) >= 11 is 0. The summed E-state index contributed by atoms with van der Waals surface area (Å²) in [5.41, 5.74) is 1.25. The maximum absolute atomic E-state index is 11.6. The van der Waals surface area contributed by atoms with Gasteiger partial charge in [0.2, 0.25) is 5.89 Å². The Morgan fingerprint density at radius 2 is 2.00 bits per heavy atom. The number of benzene rings is 1. The molecule has 98 valence electrons. The van der Waals surface area contributed by atoms with E-state index >= 15 is 0 Å². The molecule has 3 rings (SSSR count). The summed E-state index contributed by atoms with van der Waals surface area (Å²) in [6, 6.07) is 8.08. The lowest BCUT2D eigenvalue weighted by molar-refractivity contribution is -0.131. The van der Waals surface area contributed by atoms with Gasteiger partial charge in [-0.15, -0.1) is 0 Å². The van der Waals surface area contributed by atoms with Crippen LogP contribution >= 0.6 is 0 Å². The number of carboxylic acids is 1. The zero-order chi connectivity index (χ0) is 14.1. The van der Waals surface area contributed by atoms with Gasteiger partial charge in [0.1, 0.15) is 5.52 Å². The highest BCUT2D eigenvalue weighted by atomic mass is 16.4. The van der Waals surface area contributed by atoms with Gasteiger partial charge in [0.05, 0.1) is 11.1 Å². The molecule has 1 N–H and O–H groups in total. The third-order valence-electron chi connectivity index (χ3n) is 2.77. The molecule has 0 aliphatic heterocycles. The minimum Gasteiger partial charge on any atom is -0.475 e. The lowest BCUT2D eigenvalue weighted by Crippen LogP contribution is -2.12. The molecule has 0 amide bonds. The van der Waals surface area contributed by atoms with E-state index in [1.165, 1.54) is 6.07 Å². The smallest absolute Gasteiger partial charge is 0.377 e. The second kappa shape index (κ2) is 4.58. The molecule has 1 aromatic carbocycles. The third-order valence-corrected chi connectivity index (χ3v) is 2.77. The summed E-state index contributed by atoms with van der Waals surface area (Å²) < 4.78 is 5.53. The fraction of sp³-hybridized carbons (Fsp3) is 0. The number of para-hydroxylation sites is 1. The van der Waals surface area contributed by atoms with E-state index in [1.54, 1.807) is 36.7 Å². The average molecular weight is 268 g/mol. The van der Waals surface area contributed by atoms with E-state index in [4.69, 9.17) is 9.52 Å². The second-order valence-electron chi connectivity index (χ2n) is 4.05. The number of Topliss-reactive ketones (excluding diaryl/α,β-unsaturated/α-hetero) is 1. The number of pyridine rings is 1. The quantitative estimate of drug-likeness (QED) is 0.578. The number of aliphatic carboxylic acids is 1. The van der Waals surface area contributed by atoms with Gasteiger partial charge in [0.25, 0.3) is 5.78 Å². The Balaban J connectivity index is 2.19. The van der Waals surface area contributed by atoms with E-state index in [0.29, 0.717) is 17.0 Å². The van der Waals surface area contributed by atoms with Gasteiger partial charge in [0.15, 0.2) is 5.58 Å². The molecule has 0 unspecified atom stereocenters. The number of fused-ring (bicyclic) bond motifs is 1. The van der Waals surface area contributed by atoms with Crippen molar-refractivity contribution in [3.63, 3.8) is 0 Å². The number of carbonyl (C=O) groups excluding carboxylic acids is 1. The first-order chi connectivity index (χ1) is 9.66. The number of aromatic nitrogens is 2. The van der Waals surface area contributed by atoms with E-state index in [9.17, 15) is 9.59 Å². The van der Waals surface area contributed by atoms with Crippen LogP contribution in [0.3, 0.4) is 0 Å². The Morgan fingerprint density at radius 1 is 1.15 bits per heavy atom. The molecule has 6 nitrogen and oxygen atoms in total. The minimum absolute atomic E-state index is 0.00823. The van der Waals surface area contributed by atoms with Gasteiger partial charge in [-0.25, -0.2) is 9.78 Å². The van der Waals surface area contributed by atoms with Crippen LogP contribution < -0.4 is 0 Å². The lowest BCUT2D eigenvalue weighted by atomic mass is 10.1. The predicted octanol–water partition coefficient (Wildman–Crippen LogP) is 2.16. The average Bonchev–Trinajstić information content (AvgIpc) is 2.91. The molecule has 0 saturated heterocycles. The van der Waals surface area contributed by atoms with Crippen molar-refractivity contribution in [1.82, 2.24) is 9.97 Å². The van der Waals surface area contributed by atoms with Crippen LogP contribution in [-0.4, -0.2) is 26.8 Å². The SMILES string of the molecule is O=C(O)C(=O)c1cccc2oc(-c3cccnc3)nc12. The van der Waals surface area contributed by atoms with Crippen molar-refractivity contribution < 1.29 is 19.1 Å². The molecule has 0 atom stereocenters. The highest BCUT2D eigenvalue weighted by Gasteiger charge is 2.20. The fourth-order valence-electron chi connectivity index (χ4n) is 1.86. The molecule has 0 radical (unpaired) electrons. The highest BCUT2D eigenvalue weighted by molar-refractivity contribution is 6.41. The number of carbonyl (C=O) groups is 2. The number of ketones is 1. The summed E-state index contributed by atoms with van der Waals surface area (Å²) in [6.07, 6.45) is 3.19. The standard InChI is InChI=1S/C14H8N2O4/c17-12(14(18)19)9-4-1-5-10-11(9)16-13(20-10)8-3-2-6-15-7-8/h1-7H,(H,18,19). The Kier molecular flexibility index (Phi) is 2.76.